The number of primary amides is 3. The molecule has 4 atom stereocenters. The number of carbonyl (C=O) groups is 6. The first-order chi connectivity index (χ1) is 23.7. The molecule has 0 aliphatic rings. The Balaban J connectivity index is 1.97. The number of alkyl halides is 1. The molecule has 0 bridgehead atoms. The van der Waals surface area contributed by atoms with E-state index in [-0.39, 0.29) is 24.8 Å². The first kappa shape index (κ1) is 38.9. The molecule has 0 aliphatic carbocycles. The van der Waals surface area contributed by atoms with Crippen LogP contribution in [0.5, 0.6) is 0 Å². The summed E-state index contributed by atoms with van der Waals surface area (Å²) >= 11 is 5.92. The van der Waals surface area contributed by atoms with Crippen LogP contribution in [0, 0.1) is 10.8 Å². The molecule has 0 radical (unpaired) electrons. The minimum atomic E-state index is -2.45. The maximum Gasteiger partial charge on any atom is 0.258 e. The van der Waals surface area contributed by atoms with Crippen molar-refractivity contribution in [1.82, 2.24) is 20.6 Å². The molecular weight excluding hydrogens is 670 g/mol. The van der Waals surface area contributed by atoms with Crippen LogP contribution in [0.2, 0.25) is 0 Å². The van der Waals surface area contributed by atoms with Crippen LogP contribution in [0.3, 0.4) is 0 Å². The number of benzene rings is 2. The van der Waals surface area contributed by atoms with E-state index in [1.165, 1.54) is 6.92 Å². The van der Waals surface area contributed by atoms with E-state index in [0.29, 0.717) is 27.2 Å². The van der Waals surface area contributed by atoms with Crippen molar-refractivity contribution in [2.24, 2.45) is 28.4 Å². The standard InChI is InChI=1S/C33H42ClN9O7/c1-19(2)15-26(30(47)39-25(29(36)46)16-27(44)43(20(3)28(35)45)22-9-5-4-6-10-22)40-32(49)33(31(37)48,42(41-50)14-13-34)17-21-18-38-24-12-8-7-11-23(21)24/h4-12,18-20,25-26,38H,13-17H2,1-3H3,(H2,35,45)(H2,36,46)(H2,37,48)(H,39,47)(H,40,49)/t20-,25-,26-,33+/m0/s1. The lowest BCUT2D eigenvalue weighted by Crippen LogP contribution is -2.68. The van der Waals surface area contributed by atoms with Gasteiger partial charge in [-0.2, -0.15) is 0 Å². The van der Waals surface area contributed by atoms with Gasteiger partial charge in [0, 0.05) is 35.1 Å². The number of nitrogens with two attached hydrogens (primary N) is 3. The van der Waals surface area contributed by atoms with Gasteiger partial charge >= 0.3 is 0 Å². The van der Waals surface area contributed by atoms with Crippen molar-refractivity contribution in [3.05, 3.63) is 71.3 Å². The second kappa shape index (κ2) is 17.2. The van der Waals surface area contributed by atoms with Gasteiger partial charge in [0.15, 0.2) is 0 Å². The van der Waals surface area contributed by atoms with Crippen molar-refractivity contribution in [3.63, 3.8) is 0 Å². The molecule has 3 aromatic rings. The van der Waals surface area contributed by atoms with Gasteiger partial charge in [0.1, 0.15) is 18.1 Å². The van der Waals surface area contributed by atoms with Gasteiger partial charge in [-0.1, -0.05) is 50.2 Å². The number of H-pyrrole nitrogens is 1. The molecule has 0 spiro atoms. The normalized spacial score (nSPS) is 14.1. The van der Waals surface area contributed by atoms with Gasteiger partial charge in [-0.05, 0) is 43.0 Å². The molecule has 1 aromatic heterocycles. The Kier molecular flexibility index (Phi) is 13.4. The second-order valence-electron chi connectivity index (χ2n) is 12.2. The SMILES string of the molecule is CC(C)C[C@H](NC(=O)[C@@](Cc1c[nH]c2ccccc12)(C(N)=O)N(CCCl)N=O)C(=O)N[C@@H](CC(=O)N(c1ccccc1)[C@@H](C)C(N)=O)C(N)=O. The van der Waals surface area contributed by atoms with Crippen molar-refractivity contribution < 1.29 is 28.8 Å². The summed E-state index contributed by atoms with van der Waals surface area (Å²) in [5, 5.41) is 9.16. The number of hydrogen-bond acceptors (Lipinski definition) is 8. The maximum atomic E-state index is 14.2. The summed E-state index contributed by atoms with van der Waals surface area (Å²) in [7, 11) is 0. The molecule has 0 saturated heterocycles. The van der Waals surface area contributed by atoms with Crippen molar-refractivity contribution in [3.8, 4) is 0 Å². The molecule has 9 N–H and O–H groups in total. The minimum absolute atomic E-state index is 0.0161. The molecule has 17 heteroatoms. The third-order valence-corrected chi connectivity index (χ3v) is 8.38. The van der Waals surface area contributed by atoms with Gasteiger partial charge in [-0.15, -0.1) is 16.5 Å². The van der Waals surface area contributed by atoms with E-state index in [1.54, 1.807) is 74.6 Å². The Morgan fingerprint density at radius 2 is 1.54 bits per heavy atom. The minimum Gasteiger partial charge on any atom is -0.368 e. The van der Waals surface area contributed by atoms with Crippen LogP contribution in [0.4, 0.5) is 5.69 Å². The molecule has 2 aromatic carbocycles. The van der Waals surface area contributed by atoms with Gasteiger partial charge in [-0.3, -0.25) is 28.8 Å². The molecule has 0 saturated carbocycles. The first-order valence-electron chi connectivity index (χ1n) is 15.8. The number of nitrogens with zero attached hydrogens (tertiary/aromatic N) is 3. The zero-order valence-electron chi connectivity index (χ0n) is 27.9. The molecule has 3 rings (SSSR count). The zero-order chi connectivity index (χ0) is 37.2. The van der Waals surface area contributed by atoms with Crippen molar-refractivity contribution >= 4 is 63.6 Å². The Hall–Kier alpha value is -5.51. The first-order valence-corrected chi connectivity index (χ1v) is 16.3. The van der Waals surface area contributed by atoms with Gasteiger partial charge < -0.3 is 37.7 Å². The molecule has 1 heterocycles. The number of aromatic nitrogens is 1. The number of anilines is 1. The Morgan fingerprint density at radius 3 is 2.10 bits per heavy atom. The fourth-order valence-corrected chi connectivity index (χ4v) is 5.76. The Labute approximate surface area is 293 Å². The van der Waals surface area contributed by atoms with E-state index >= 15 is 0 Å². The average molecular weight is 712 g/mol. The smallest absolute Gasteiger partial charge is 0.258 e. The van der Waals surface area contributed by atoms with E-state index in [1.807, 2.05) is 0 Å². The topological polar surface area (TPSA) is 256 Å². The number of carbonyl (C=O) groups excluding carboxylic acids is 6. The van der Waals surface area contributed by atoms with Crippen LogP contribution < -0.4 is 32.7 Å². The molecule has 0 aliphatic heterocycles. The maximum absolute atomic E-state index is 14.2. The van der Waals surface area contributed by atoms with Gasteiger partial charge in [0.05, 0.1) is 18.3 Å². The summed E-state index contributed by atoms with van der Waals surface area (Å²) in [5.41, 5.74) is 15.9. The summed E-state index contributed by atoms with van der Waals surface area (Å²) in [6.45, 7) is 4.57. The molecule has 268 valence electrons. The van der Waals surface area contributed by atoms with Gasteiger partial charge in [-0.25, -0.2) is 5.01 Å². The fraction of sp³-hybridized carbons (Fsp3) is 0.394. The summed E-state index contributed by atoms with van der Waals surface area (Å²) in [6.07, 6.45) is 0.449. The lowest BCUT2D eigenvalue weighted by molar-refractivity contribution is -0.147. The number of para-hydroxylation sites is 2. The number of aromatic amines is 1. The van der Waals surface area contributed by atoms with Gasteiger partial charge in [0.25, 0.3) is 11.8 Å². The Morgan fingerprint density at radius 1 is 0.900 bits per heavy atom. The average Bonchev–Trinajstić information content (AvgIpc) is 3.48. The van der Waals surface area contributed by atoms with Crippen molar-refractivity contribution in [2.45, 2.75) is 63.7 Å². The van der Waals surface area contributed by atoms with Crippen LogP contribution in [-0.4, -0.2) is 81.5 Å². The Bertz CT molecular complexity index is 1720. The number of hydrogen-bond donors (Lipinski definition) is 6. The number of rotatable bonds is 19. The van der Waals surface area contributed by atoms with E-state index in [4.69, 9.17) is 28.8 Å². The molecule has 0 unspecified atom stereocenters. The highest BCUT2D eigenvalue weighted by molar-refractivity contribution is 6.18. The number of halogens is 1. The number of amides is 6. The van der Waals surface area contributed by atoms with E-state index < -0.39 is 71.9 Å². The highest BCUT2D eigenvalue weighted by atomic mass is 35.5. The van der Waals surface area contributed by atoms with Crippen molar-refractivity contribution in [2.75, 3.05) is 17.3 Å². The summed E-state index contributed by atoms with van der Waals surface area (Å²) in [6, 6.07) is 11.0. The van der Waals surface area contributed by atoms with Crippen LogP contribution in [0.15, 0.2) is 66.1 Å². The predicted octanol–water partition coefficient (Wildman–Crippen LogP) is 0.955. The molecule has 50 heavy (non-hydrogen) atoms. The van der Waals surface area contributed by atoms with Crippen LogP contribution in [-0.2, 0) is 35.2 Å². The van der Waals surface area contributed by atoms with Crippen molar-refractivity contribution in [1.29, 1.82) is 0 Å². The predicted molar refractivity (Wildman–Crippen MR) is 187 cm³/mol. The lowest BCUT2D eigenvalue weighted by atomic mass is 9.87. The van der Waals surface area contributed by atoms with E-state index in [9.17, 15) is 33.7 Å². The number of nitrogens with one attached hydrogen (secondary N) is 3. The quantitative estimate of drug-likeness (QED) is 0.0451. The highest BCUT2D eigenvalue weighted by Crippen LogP contribution is 2.28. The highest BCUT2D eigenvalue weighted by Gasteiger charge is 2.52. The monoisotopic (exact) mass is 711 g/mol. The summed E-state index contributed by atoms with van der Waals surface area (Å²) < 4.78 is 0. The van der Waals surface area contributed by atoms with Crippen LogP contribution in [0.25, 0.3) is 10.9 Å². The summed E-state index contributed by atoms with van der Waals surface area (Å²) in [4.78, 5) is 95.7. The second-order valence-corrected chi connectivity index (χ2v) is 12.5. The molecule has 16 nitrogen and oxygen atoms in total. The lowest BCUT2D eigenvalue weighted by Gasteiger charge is -2.37. The third kappa shape index (κ3) is 8.93. The third-order valence-electron chi connectivity index (χ3n) is 8.21. The van der Waals surface area contributed by atoms with Crippen LogP contribution in [0.1, 0.15) is 39.2 Å². The van der Waals surface area contributed by atoms with Gasteiger partial charge in [0.2, 0.25) is 29.2 Å². The molecule has 6 amide bonds. The van der Waals surface area contributed by atoms with E-state index in [0.717, 1.165) is 4.90 Å². The largest absolute Gasteiger partial charge is 0.368 e. The number of fused-ring (bicyclic) bond motifs is 1. The van der Waals surface area contributed by atoms with Crippen LogP contribution >= 0.6 is 11.6 Å². The number of nitroso groups, excluding NO2 is 1. The molecular formula is C33H42ClN9O7. The molecule has 0 fully saturated rings. The summed E-state index contributed by atoms with van der Waals surface area (Å²) in [5.74, 6) is -6.38. The fourth-order valence-electron chi connectivity index (χ4n) is 5.60. The van der Waals surface area contributed by atoms with E-state index in [2.05, 4.69) is 20.9 Å². The zero-order valence-corrected chi connectivity index (χ0v) is 28.7.